The van der Waals surface area contributed by atoms with E-state index in [1.807, 2.05) is 66.8 Å². The molecule has 0 saturated heterocycles. The molecule has 0 spiro atoms. The van der Waals surface area contributed by atoms with Crippen LogP contribution in [0, 0.1) is 0 Å². The number of nitrogens with zero attached hydrogens (tertiary/aromatic N) is 2. The molecule has 5 heterocycles. The smallest absolute Gasteiger partial charge is 0.0659 e. The molecule has 2 aliphatic heterocycles. The fraction of sp³-hybridized carbons (Fsp3) is 0. The Kier molecular flexibility index (Phi) is 3.58. The molecule has 2 aliphatic rings. The summed E-state index contributed by atoms with van der Waals surface area (Å²) in [6, 6.07) is 14.1. The second kappa shape index (κ2) is 6.20. The van der Waals surface area contributed by atoms with Crippen LogP contribution >= 0.6 is 0 Å². The monoisotopic (exact) mass is 370 g/mol. The molecule has 0 unspecified atom stereocenters. The third-order valence-corrected chi connectivity index (χ3v) is 3.96. The predicted molar refractivity (Wildman–Crippen MR) is 98.9 cm³/mol. The van der Waals surface area contributed by atoms with Gasteiger partial charge in [0.15, 0.2) is 0 Å². The van der Waals surface area contributed by atoms with Crippen LogP contribution in [0.4, 0.5) is 0 Å². The van der Waals surface area contributed by atoms with E-state index in [1.54, 1.807) is 0 Å². The van der Waals surface area contributed by atoms with Gasteiger partial charge in [0.25, 0.3) is 0 Å². The van der Waals surface area contributed by atoms with Gasteiger partial charge in [-0.1, -0.05) is 0 Å². The minimum Gasteiger partial charge on any atom is -0.355 e. The Hall–Kier alpha value is -2.89. The molecular weight excluding hydrogens is 355 g/mol. The summed E-state index contributed by atoms with van der Waals surface area (Å²) in [5.41, 5.74) is 7.04. The van der Waals surface area contributed by atoms with E-state index in [4.69, 9.17) is 1.37 Å². The van der Waals surface area contributed by atoms with E-state index in [0.717, 1.165) is 44.8 Å². The summed E-state index contributed by atoms with van der Waals surface area (Å²) < 4.78 is 8.15. The molecule has 123 valence electrons. The van der Waals surface area contributed by atoms with Gasteiger partial charge in [0.05, 0.1) is 24.1 Å². The Labute approximate surface area is 156 Å². The second-order valence-electron chi connectivity index (χ2n) is 5.82. The molecular formula is C20H14CoN4. The minimum atomic E-state index is 0. The van der Waals surface area contributed by atoms with Crippen molar-refractivity contribution in [2.45, 2.75) is 0 Å². The number of hydrogen-bond acceptors (Lipinski definition) is 2. The molecule has 8 bridgehead atoms. The summed E-state index contributed by atoms with van der Waals surface area (Å²) in [4.78, 5) is 15.8. The average Bonchev–Trinajstić information content (AvgIpc) is 3.33. The SMILES string of the molecule is [2H]c1cc2cc3nc(cc4nc(cc5ccc(cc1[nH]2)[nH]5)C=C4)C=C3.[Co]. The van der Waals surface area contributed by atoms with Crippen molar-refractivity contribution in [1.82, 2.24) is 19.9 Å². The van der Waals surface area contributed by atoms with Gasteiger partial charge in [0, 0.05) is 38.8 Å². The van der Waals surface area contributed by atoms with E-state index in [9.17, 15) is 0 Å². The van der Waals surface area contributed by atoms with Crippen molar-refractivity contribution in [2.24, 2.45) is 0 Å². The summed E-state index contributed by atoms with van der Waals surface area (Å²) in [7, 11) is 0. The number of hydrogen-bond donors (Lipinski definition) is 2. The largest absolute Gasteiger partial charge is 0.355 e. The number of rotatable bonds is 0. The molecule has 5 rings (SSSR count). The van der Waals surface area contributed by atoms with Crippen LogP contribution < -0.4 is 0 Å². The summed E-state index contributed by atoms with van der Waals surface area (Å²) in [5.74, 6) is 0. The van der Waals surface area contributed by atoms with E-state index in [0.29, 0.717) is 6.04 Å². The van der Waals surface area contributed by atoms with Gasteiger partial charge in [-0.2, -0.15) is 0 Å². The Balaban J connectivity index is 0.00000168. The maximum absolute atomic E-state index is 8.15. The topological polar surface area (TPSA) is 57.4 Å². The Bertz CT molecular complexity index is 1220. The fourth-order valence-corrected chi connectivity index (χ4v) is 2.87. The van der Waals surface area contributed by atoms with Crippen LogP contribution in [0.25, 0.3) is 46.4 Å². The molecule has 0 aromatic carbocycles. The number of aromatic nitrogens is 4. The molecule has 0 aliphatic carbocycles. The van der Waals surface area contributed by atoms with Crippen molar-refractivity contribution >= 4 is 46.4 Å². The molecule has 25 heavy (non-hydrogen) atoms. The zero-order valence-corrected chi connectivity index (χ0v) is 14.1. The molecule has 0 fully saturated rings. The van der Waals surface area contributed by atoms with Gasteiger partial charge in [-0.25, -0.2) is 9.97 Å². The Morgan fingerprint density at radius 3 is 1.72 bits per heavy atom. The van der Waals surface area contributed by atoms with Gasteiger partial charge in [-0.3, -0.25) is 0 Å². The van der Waals surface area contributed by atoms with Crippen molar-refractivity contribution < 1.29 is 18.1 Å². The van der Waals surface area contributed by atoms with Crippen molar-refractivity contribution in [3.8, 4) is 0 Å². The zero-order chi connectivity index (χ0) is 16.8. The summed E-state index contributed by atoms with van der Waals surface area (Å²) in [6.07, 6.45) is 7.91. The third kappa shape index (κ3) is 3.20. The first-order valence-corrected chi connectivity index (χ1v) is 7.76. The van der Waals surface area contributed by atoms with E-state index < -0.39 is 0 Å². The van der Waals surface area contributed by atoms with Crippen molar-refractivity contribution in [1.29, 1.82) is 0 Å². The second-order valence-corrected chi connectivity index (χ2v) is 5.82. The first-order chi connectivity index (χ1) is 12.2. The predicted octanol–water partition coefficient (Wildman–Crippen LogP) is 4.65. The third-order valence-electron chi connectivity index (χ3n) is 3.96. The molecule has 2 N–H and O–H groups in total. The molecule has 3 aromatic heterocycles. The maximum atomic E-state index is 8.15. The average molecular weight is 370 g/mol. The summed E-state index contributed by atoms with van der Waals surface area (Å²) in [5, 5.41) is 0. The first kappa shape index (κ1) is 14.4. The molecule has 4 nitrogen and oxygen atoms in total. The van der Waals surface area contributed by atoms with Crippen LogP contribution in [0.1, 0.15) is 24.1 Å². The van der Waals surface area contributed by atoms with Crippen molar-refractivity contribution in [3.63, 3.8) is 0 Å². The minimum absolute atomic E-state index is 0. The number of nitrogens with one attached hydrogen (secondary N) is 2. The van der Waals surface area contributed by atoms with E-state index in [2.05, 4.69) is 19.9 Å². The van der Waals surface area contributed by atoms with Gasteiger partial charge in [-0.05, 0) is 72.8 Å². The summed E-state index contributed by atoms with van der Waals surface area (Å²) >= 11 is 0. The Morgan fingerprint density at radius 1 is 0.600 bits per heavy atom. The van der Waals surface area contributed by atoms with Crippen LogP contribution in [0.5, 0.6) is 0 Å². The number of fused-ring (bicyclic) bond motifs is 8. The molecule has 5 heteroatoms. The van der Waals surface area contributed by atoms with Gasteiger partial charge < -0.3 is 9.97 Å². The van der Waals surface area contributed by atoms with E-state index in [-0.39, 0.29) is 16.8 Å². The van der Waals surface area contributed by atoms with Gasteiger partial charge >= 0.3 is 0 Å². The van der Waals surface area contributed by atoms with Gasteiger partial charge in [-0.15, -0.1) is 0 Å². The number of H-pyrrole nitrogens is 2. The van der Waals surface area contributed by atoms with Crippen LogP contribution in [0.15, 0.2) is 48.5 Å². The molecule has 0 atom stereocenters. The van der Waals surface area contributed by atoms with Crippen LogP contribution in [0.3, 0.4) is 0 Å². The maximum Gasteiger partial charge on any atom is 0.0659 e. The van der Waals surface area contributed by atoms with Crippen molar-refractivity contribution in [3.05, 3.63) is 71.3 Å². The standard InChI is InChI=1S/C20H14N4.Co/c1-2-14-10-16-5-6-18(23-16)12-20-8-7-19(24-20)11-17-4-3-15(22-17)9-13(1)21-14;/h1-12,21-22H;/i1D;. The van der Waals surface area contributed by atoms with Crippen molar-refractivity contribution in [2.75, 3.05) is 0 Å². The normalized spacial score (nSPS) is 12.7. The van der Waals surface area contributed by atoms with Gasteiger partial charge in [0.1, 0.15) is 0 Å². The van der Waals surface area contributed by atoms with Gasteiger partial charge in [0.2, 0.25) is 0 Å². The molecule has 0 amide bonds. The van der Waals surface area contributed by atoms with Crippen LogP contribution in [-0.2, 0) is 16.8 Å². The molecule has 0 saturated carbocycles. The first-order valence-electron chi connectivity index (χ1n) is 8.26. The molecule has 1 radical (unpaired) electrons. The van der Waals surface area contributed by atoms with Crippen LogP contribution in [-0.4, -0.2) is 19.9 Å². The van der Waals surface area contributed by atoms with E-state index in [1.165, 1.54) is 0 Å². The van der Waals surface area contributed by atoms with Crippen LogP contribution in [0.2, 0.25) is 0 Å². The fourth-order valence-electron chi connectivity index (χ4n) is 2.87. The molecule has 3 aromatic rings. The quantitative estimate of drug-likeness (QED) is 0.417. The zero-order valence-electron chi connectivity index (χ0n) is 14.1. The summed E-state index contributed by atoms with van der Waals surface area (Å²) in [6.45, 7) is 0. The number of aromatic amines is 2. The Morgan fingerprint density at radius 2 is 1.08 bits per heavy atom. The van der Waals surface area contributed by atoms with E-state index >= 15 is 0 Å².